The third-order valence-corrected chi connectivity index (χ3v) is 3.74. The minimum atomic E-state index is -4.59. The number of esters is 1. The van der Waals surface area contributed by atoms with E-state index in [1.165, 1.54) is 25.4 Å². The van der Waals surface area contributed by atoms with Gasteiger partial charge in [0.15, 0.2) is 0 Å². The Hall–Kier alpha value is -2.51. The zero-order valence-electron chi connectivity index (χ0n) is 14.9. The lowest BCUT2D eigenvalue weighted by atomic mass is 9.92. The van der Waals surface area contributed by atoms with E-state index in [0.29, 0.717) is 5.70 Å². The molecule has 1 N–H and O–H groups in total. The molecule has 1 aliphatic rings. The smallest absolute Gasteiger partial charge is 0.421 e. The largest absolute Gasteiger partial charge is 0.469 e. The summed E-state index contributed by atoms with van der Waals surface area (Å²) in [7, 11) is 1.24. The lowest BCUT2D eigenvalue weighted by molar-refractivity contribution is -0.140. The van der Waals surface area contributed by atoms with Gasteiger partial charge in [0.25, 0.3) is 0 Å². The summed E-state index contributed by atoms with van der Waals surface area (Å²) in [5.74, 6) is -1.40. The van der Waals surface area contributed by atoms with Crippen molar-refractivity contribution in [2.45, 2.75) is 39.1 Å². The Balaban J connectivity index is 2.35. The summed E-state index contributed by atoms with van der Waals surface area (Å²) in [6.45, 7) is 5.60. The van der Waals surface area contributed by atoms with Crippen LogP contribution in [-0.4, -0.2) is 30.2 Å². The van der Waals surface area contributed by atoms with Gasteiger partial charge >= 0.3 is 12.1 Å². The lowest BCUT2D eigenvalue weighted by Crippen LogP contribution is -2.34. The fourth-order valence-corrected chi connectivity index (χ4v) is 2.55. The molecule has 2 unspecified atom stereocenters. The molecular formula is C18H21F3N2O3. The molecule has 5 nitrogen and oxygen atoms in total. The van der Waals surface area contributed by atoms with Gasteiger partial charge in [-0.25, -0.2) is 9.78 Å². The molecular weight excluding hydrogens is 349 g/mol. The minimum Gasteiger partial charge on any atom is -0.469 e. The Morgan fingerprint density at radius 3 is 2.58 bits per heavy atom. The maximum absolute atomic E-state index is 13.1. The molecule has 142 valence electrons. The molecule has 1 aromatic rings. The molecule has 0 aromatic carbocycles. The molecule has 26 heavy (non-hydrogen) atoms. The number of nitrogens with zero attached hydrogens (tertiary/aromatic N) is 1. The summed E-state index contributed by atoms with van der Waals surface area (Å²) in [5.41, 5.74) is -0.180. The highest BCUT2D eigenvalue weighted by Crippen LogP contribution is 2.36. The average molecular weight is 370 g/mol. The number of aromatic nitrogens is 1. The molecule has 0 saturated carbocycles. The Morgan fingerprint density at radius 1 is 1.31 bits per heavy atom. The van der Waals surface area contributed by atoms with Crippen LogP contribution in [0.25, 0.3) is 0 Å². The highest BCUT2D eigenvalue weighted by molar-refractivity contribution is 5.93. The first kappa shape index (κ1) is 19.8. The van der Waals surface area contributed by atoms with Crippen molar-refractivity contribution in [2.75, 3.05) is 7.11 Å². The van der Waals surface area contributed by atoms with E-state index >= 15 is 0 Å². The molecule has 0 radical (unpaired) electrons. The molecule has 0 fully saturated rings. The first-order valence-corrected chi connectivity index (χ1v) is 8.11. The minimum absolute atomic E-state index is 0.0617. The third kappa shape index (κ3) is 4.56. The molecule has 2 rings (SSSR count). The third-order valence-electron chi connectivity index (χ3n) is 3.74. The molecule has 1 heterocycles. The first-order valence-electron chi connectivity index (χ1n) is 8.11. The zero-order valence-corrected chi connectivity index (χ0v) is 14.9. The second-order valence-corrected chi connectivity index (χ2v) is 6.25. The Morgan fingerprint density at radius 2 is 2.00 bits per heavy atom. The van der Waals surface area contributed by atoms with Crippen LogP contribution in [0, 0.1) is 5.92 Å². The number of halogens is 3. The molecule has 0 amide bonds. The number of hydrogen-bond donors (Lipinski definition) is 1. The Labute approximate surface area is 149 Å². The zero-order chi connectivity index (χ0) is 19.5. The summed E-state index contributed by atoms with van der Waals surface area (Å²) in [5, 5.41) is 3.14. The summed E-state index contributed by atoms with van der Waals surface area (Å²) < 4.78 is 49.7. The number of methoxy groups -OCH3 is 1. The number of nitrogens with one attached hydrogen (secondary N) is 1. The van der Waals surface area contributed by atoms with E-state index < -0.39 is 29.7 Å². The molecule has 1 aliphatic carbocycles. The monoisotopic (exact) mass is 370 g/mol. The Kier molecular flexibility index (Phi) is 5.94. The van der Waals surface area contributed by atoms with Gasteiger partial charge in [0.2, 0.25) is 5.88 Å². The number of rotatable bonds is 5. The highest BCUT2D eigenvalue weighted by Gasteiger charge is 2.36. The van der Waals surface area contributed by atoms with Gasteiger partial charge in [-0.1, -0.05) is 13.0 Å². The quantitative estimate of drug-likeness (QED) is 0.804. The van der Waals surface area contributed by atoms with Crippen LogP contribution >= 0.6 is 0 Å². The fourth-order valence-electron chi connectivity index (χ4n) is 2.55. The molecule has 0 aliphatic heterocycles. The SMILES string of the molecule is COC(=O)C1=CC(Oc2ncccc2C(F)(F)F)C(C)C=C1NC(C)C. The standard InChI is InChI=1S/C18H21F3N2O3/c1-10(2)23-14-8-11(3)15(9-12(14)17(24)25-4)26-16-13(18(19,20)21)6-5-7-22-16/h5-11,15,23H,1-4H3. The van der Waals surface area contributed by atoms with Gasteiger partial charge in [0.1, 0.15) is 11.7 Å². The van der Waals surface area contributed by atoms with Gasteiger partial charge in [-0.05, 0) is 32.1 Å². The van der Waals surface area contributed by atoms with Gasteiger partial charge in [0, 0.05) is 23.9 Å². The van der Waals surface area contributed by atoms with Crippen molar-refractivity contribution in [3.63, 3.8) is 0 Å². The van der Waals surface area contributed by atoms with Crippen molar-refractivity contribution in [1.82, 2.24) is 10.3 Å². The number of carbonyl (C=O) groups excluding carboxylic acids is 1. The van der Waals surface area contributed by atoms with Crippen LogP contribution in [0.3, 0.4) is 0 Å². The first-order chi connectivity index (χ1) is 12.1. The van der Waals surface area contributed by atoms with Gasteiger partial charge in [-0.2, -0.15) is 13.2 Å². The normalized spacial score (nSPS) is 20.3. The van der Waals surface area contributed by atoms with Crippen LogP contribution in [0.5, 0.6) is 5.88 Å². The summed E-state index contributed by atoms with van der Waals surface area (Å²) in [4.78, 5) is 15.8. The molecule has 0 bridgehead atoms. The maximum atomic E-state index is 13.1. The van der Waals surface area contributed by atoms with E-state index in [4.69, 9.17) is 9.47 Å². The highest BCUT2D eigenvalue weighted by atomic mass is 19.4. The van der Waals surface area contributed by atoms with Crippen LogP contribution in [-0.2, 0) is 15.7 Å². The van der Waals surface area contributed by atoms with Crippen molar-refractivity contribution < 1.29 is 27.4 Å². The van der Waals surface area contributed by atoms with E-state index in [2.05, 4.69) is 10.3 Å². The maximum Gasteiger partial charge on any atom is 0.421 e. The summed E-state index contributed by atoms with van der Waals surface area (Å²) in [6.07, 6.45) is -0.942. The van der Waals surface area contributed by atoms with Gasteiger partial charge < -0.3 is 14.8 Å². The predicted octanol–water partition coefficient (Wildman–Crippen LogP) is 3.48. The van der Waals surface area contributed by atoms with Gasteiger partial charge in [-0.3, -0.25) is 0 Å². The Bertz CT molecular complexity index is 727. The second-order valence-electron chi connectivity index (χ2n) is 6.25. The topological polar surface area (TPSA) is 60.5 Å². The van der Waals surface area contributed by atoms with Crippen LogP contribution in [0.15, 0.2) is 41.8 Å². The molecule has 1 aromatic heterocycles. The van der Waals surface area contributed by atoms with E-state index in [1.807, 2.05) is 13.8 Å². The number of hydrogen-bond acceptors (Lipinski definition) is 5. The van der Waals surface area contributed by atoms with Crippen LogP contribution in [0.2, 0.25) is 0 Å². The number of alkyl halides is 3. The predicted molar refractivity (Wildman–Crippen MR) is 89.3 cm³/mol. The molecule has 2 atom stereocenters. The molecule has 0 saturated heterocycles. The van der Waals surface area contributed by atoms with Crippen molar-refractivity contribution >= 4 is 5.97 Å². The van der Waals surface area contributed by atoms with Crippen molar-refractivity contribution in [3.05, 3.63) is 47.3 Å². The number of ether oxygens (including phenoxy) is 2. The van der Waals surface area contributed by atoms with Crippen LogP contribution in [0.4, 0.5) is 13.2 Å². The van der Waals surface area contributed by atoms with Crippen molar-refractivity contribution in [3.8, 4) is 5.88 Å². The molecule has 8 heteroatoms. The van der Waals surface area contributed by atoms with E-state index in [-0.39, 0.29) is 17.5 Å². The van der Waals surface area contributed by atoms with E-state index in [9.17, 15) is 18.0 Å². The average Bonchev–Trinajstić information content (AvgIpc) is 2.55. The lowest BCUT2D eigenvalue weighted by Gasteiger charge is -2.28. The second kappa shape index (κ2) is 7.80. The van der Waals surface area contributed by atoms with E-state index in [0.717, 1.165) is 6.07 Å². The van der Waals surface area contributed by atoms with Crippen LogP contribution in [0.1, 0.15) is 26.3 Å². The van der Waals surface area contributed by atoms with Crippen LogP contribution < -0.4 is 10.1 Å². The molecule has 0 spiro atoms. The fraction of sp³-hybridized carbons (Fsp3) is 0.444. The van der Waals surface area contributed by atoms with Crippen molar-refractivity contribution in [2.24, 2.45) is 5.92 Å². The van der Waals surface area contributed by atoms with Gasteiger partial charge in [-0.15, -0.1) is 0 Å². The number of pyridine rings is 1. The number of carbonyl (C=O) groups is 1. The summed E-state index contributed by atoms with van der Waals surface area (Å²) in [6, 6.07) is 2.16. The van der Waals surface area contributed by atoms with Gasteiger partial charge in [0.05, 0.1) is 12.7 Å². The van der Waals surface area contributed by atoms with E-state index in [1.54, 1.807) is 13.0 Å². The van der Waals surface area contributed by atoms with Crippen molar-refractivity contribution in [1.29, 1.82) is 0 Å². The summed E-state index contributed by atoms with van der Waals surface area (Å²) >= 11 is 0.